The van der Waals surface area contributed by atoms with Crippen molar-refractivity contribution in [2.24, 2.45) is 0 Å². The number of unbranched alkanes of at least 4 members (excludes halogenated alkanes) is 1. The maximum atomic E-state index is 8.78. The van der Waals surface area contributed by atoms with Crippen LogP contribution < -0.4 is 10.2 Å². The highest BCUT2D eigenvalue weighted by Gasteiger charge is 2.05. The van der Waals surface area contributed by atoms with Gasteiger partial charge in [-0.15, -0.1) is 0 Å². The van der Waals surface area contributed by atoms with Crippen molar-refractivity contribution < 1.29 is 0 Å². The summed E-state index contributed by atoms with van der Waals surface area (Å²) in [6.07, 6.45) is 4.26. The third-order valence-electron chi connectivity index (χ3n) is 2.15. The average Bonchev–Trinajstić information content (AvgIpc) is 2.27. The van der Waals surface area contributed by atoms with Crippen molar-refractivity contribution in [1.82, 2.24) is 9.97 Å². The van der Waals surface area contributed by atoms with Gasteiger partial charge in [0.15, 0.2) is 6.19 Å². The van der Waals surface area contributed by atoms with E-state index in [9.17, 15) is 0 Å². The minimum atomic E-state index is 0.619. The lowest BCUT2D eigenvalue weighted by Gasteiger charge is -2.11. The Morgan fingerprint density at radius 3 is 2.88 bits per heavy atom. The Hall–Kier alpha value is -1.83. The van der Waals surface area contributed by atoms with Crippen molar-refractivity contribution in [2.75, 3.05) is 23.8 Å². The number of rotatable bonds is 5. The van der Waals surface area contributed by atoms with E-state index in [1.54, 1.807) is 13.1 Å². The van der Waals surface area contributed by atoms with Gasteiger partial charge in [0.25, 0.3) is 0 Å². The number of nitrogens with zero attached hydrogens (tertiary/aromatic N) is 4. The summed E-state index contributed by atoms with van der Waals surface area (Å²) >= 11 is 0. The smallest absolute Gasteiger partial charge is 0.185 e. The fourth-order valence-electron chi connectivity index (χ4n) is 1.26. The molecule has 0 amide bonds. The molecular weight excluding hydrogens is 202 g/mol. The van der Waals surface area contributed by atoms with Crippen LogP contribution in [-0.4, -0.2) is 23.6 Å². The predicted octanol–water partition coefficient (Wildman–Crippen LogP) is 1.91. The van der Waals surface area contributed by atoms with Gasteiger partial charge < -0.3 is 5.32 Å². The quantitative estimate of drug-likeness (QED) is 0.465. The fourth-order valence-corrected chi connectivity index (χ4v) is 1.26. The average molecular weight is 219 g/mol. The molecule has 0 saturated heterocycles. The lowest BCUT2D eigenvalue weighted by Crippen LogP contribution is -2.13. The topological polar surface area (TPSA) is 64.8 Å². The van der Waals surface area contributed by atoms with E-state index >= 15 is 0 Å². The SMILES string of the molecule is CCCCNc1cc(N(C)C#N)nc(C)n1. The molecule has 0 fully saturated rings. The second kappa shape index (κ2) is 5.91. The van der Waals surface area contributed by atoms with Crippen molar-refractivity contribution in [2.45, 2.75) is 26.7 Å². The Kier molecular flexibility index (Phi) is 4.52. The first kappa shape index (κ1) is 12.2. The van der Waals surface area contributed by atoms with E-state index in [0.29, 0.717) is 11.6 Å². The molecule has 0 spiro atoms. The Balaban J connectivity index is 2.78. The molecule has 0 radical (unpaired) electrons. The normalized spacial score (nSPS) is 9.62. The maximum Gasteiger partial charge on any atom is 0.185 e. The molecule has 1 rings (SSSR count). The van der Waals surface area contributed by atoms with E-state index in [0.717, 1.165) is 25.2 Å². The number of nitriles is 1. The molecule has 5 nitrogen and oxygen atoms in total. The Morgan fingerprint density at radius 1 is 1.50 bits per heavy atom. The maximum absolute atomic E-state index is 8.78. The van der Waals surface area contributed by atoms with Gasteiger partial charge in [0, 0.05) is 19.7 Å². The van der Waals surface area contributed by atoms with Crippen LogP contribution in [0, 0.1) is 18.4 Å². The molecule has 0 aromatic carbocycles. The van der Waals surface area contributed by atoms with Crippen LogP contribution in [-0.2, 0) is 0 Å². The van der Waals surface area contributed by atoms with Gasteiger partial charge >= 0.3 is 0 Å². The summed E-state index contributed by atoms with van der Waals surface area (Å²) in [6, 6.07) is 1.78. The molecule has 16 heavy (non-hydrogen) atoms. The van der Waals surface area contributed by atoms with Crippen molar-refractivity contribution in [1.29, 1.82) is 5.26 Å². The lowest BCUT2D eigenvalue weighted by molar-refractivity contribution is 0.828. The summed E-state index contributed by atoms with van der Waals surface area (Å²) in [5.41, 5.74) is 0. The van der Waals surface area contributed by atoms with Crippen LogP contribution in [0.15, 0.2) is 6.07 Å². The molecule has 0 atom stereocenters. The minimum Gasteiger partial charge on any atom is -0.370 e. The van der Waals surface area contributed by atoms with Crippen LogP contribution in [0.1, 0.15) is 25.6 Å². The molecule has 0 saturated carbocycles. The van der Waals surface area contributed by atoms with Crippen LogP contribution in [0.2, 0.25) is 0 Å². The summed E-state index contributed by atoms with van der Waals surface area (Å²) in [5.74, 6) is 2.06. The molecule has 0 aliphatic rings. The van der Waals surface area contributed by atoms with Gasteiger partial charge in [-0.05, 0) is 13.3 Å². The van der Waals surface area contributed by atoms with Crippen LogP contribution in [0.5, 0.6) is 0 Å². The first-order valence-corrected chi connectivity index (χ1v) is 5.40. The molecule has 5 heteroatoms. The number of nitrogens with one attached hydrogen (secondary N) is 1. The van der Waals surface area contributed by atoms with Gasteiger partial charge in [-0.25, -0.2) is 9.97 Å². The van der Waals surface area contributed by atoms with E-state index in [2.05, 4.69) is 22.2 Å². The van der Waals surface area contributed by atoms with Gasteiger partial charge in [-0.1, -0.05) is 13.3 Å². The van der Waals surface area contributed by atoms with E-state index in [1.165, 1.54) is 4.90 Å². The summed E-state index contributed by atoms with van der Waals surface area (Å²) in [4.78, 5) is 9.87. The van der Waals surface area contributed by atoms with Crippen molar-refractivity contribution in [3.8, 4) is 6.19 Å². The molecule has 0 unspecified atom stereocenters. The molecule has 86 valence electrons. The van der Waals surface area contributed by atoms with Gasteiger partial charge in [0.1, 0.15) is 17.5 Å². The zero-order chi connectivity index (χ0) is 12.0. The molecule has 0 aliphatic heterocycles. The zero-order valence-corrected chi connectivity index (χ0v) is 9.99. The number of aromatic nitrogens is 2. The summed E-state index contributed by atoms with van der Waals surface area (Å²) < 4.78 is 0. The van der Waals surface area contributed by atoms with E-state index < -0.39 is 0 Å². The van der Waals surface area contributed by atoms with Gasteiger partial charge in [0.05, 0.1) is 0 Å². The molecule has 0 aliphatic carbocycles. The van der Waals surface area contributed by atoms with E-state index in [1.807, 2.05) is 13.1 Å². The summed E-state index contributed by atoms with van der Waals surface area (Å²) in [5, 5.41) is 12.0. The molecule has 1 N–H and O–H groups in total. The van der Waals surface area contributed by atoms with Gasteiger partial charge in [-0.3, -0.25) is 4.90 Å². The third-order valence-corrected chi connectivity index (χ3v) is 2.15. The van der Waals surface area contributed by atoms with Crippen molar-refractivity contribution in [3.63, 3.8) is 0 Å². The Morgan fingerprint density at radius 2 is 2.25 bits per heavy atom. The third kappa shape index (κ3) is 3.39. The number of aryl methyl sites for hydroxylation is 1. The first-order valence-electron chi connectivity index (χ1n) is 5.40. The Labute approximate surface area is 96.1 Å². The largest absolute Gasteiger partial charge is 0.370 e. The molecule has 1 aromatic heterocycles. The van der Waals surface area contributed by atoms with Crippen molar-refractivity contribution >= 4 is 11.6 Å². The van der Waals surface area contributed by atoms with Gasteiger partial charge in [0.2, 0.25) is 0 Å². The number of hydrogen-bond donors (Lipinski definition) is 1. The minimum absolute atomic E-state index is 0.619. The van der Waals surface area contributed by atoms with E-state index in [-0.39, 0.29) is 0 Å². The molecule has 1 aromatic rings. The van der Waals surface area contributed by atoms with Crippen LogP contribution in [0.3, 0.4) is 0 Å². The number of hydrogen-bond acceptors (Lipinski definition) is 5. The highest BCUT2D eigenvalue weighted by molar-refractivity contribution is 5.51. The van der Waals surface area contributed by atoms with E-state index in [4.69, 9.17) is 5.26 Å². The van der Waals surface area contributed by atoms with Crippen LogP contribution in [0.4, 0.5) is 11.6 Å². The highest BCUT2D eigenvalue weighted by atomic mass is 15.2. The van der Waals surface area contributed by atoms with Crippen molar-refractivity contribution in [3.05, 3.63) is 11.9 Å². The monoisotopic (exact) mass is 219 g/mol. The van der Waals surface area contributed by atoms with Gasteiger partial charge in [-0.2, -0.15) is 5.26 Å². The molecule has 0 bridgehead atoms. The summed E-state index contributed by atoms with van der Waals surface area (Å²) in [6.45, 7) is 4.85. The highest BCUT2D eigenvalue weighted by Crippen LogP contribution is 2.13. The molecular formula is C11H17N5. The number of anilines is 2. The fraction of sp³-hybridized carbons (Fsp3) is 0.545. The first-order chi connectivity index (χ1) is 7.67. The lowest BCUT2D eigenvalue weighted by atomic mass is 10.3. The second-order valence-electron chi connectivity index (χ2n) is 3.60. The zero-order valence-electron chi connectivity index (χ0n) is 9.99. The van der Waals surface area contributed by atoms with Crippen LogP contribution in [0.25, 0.3) is 0 Å². The predicted molar refractivity (Wildman–Crippen MR) is 64.2 cm³/mol. The second-order valence-corrected chi connectivity index (χ2v) is 3.60. The van der Waals surface area contributed by atoms with Crippen LogP contribution >= 0.6 is 0 Å². The molecule has 1 heterocycles. The Bertz CT molecular complexity index is 382. The summed E-state index contributed by atoms with van der Waals surface area (Å²) in [7, 11) is 1.68. The standard InChI is InChI=1S/C11H17N5/c1-4-5-6-13-10-7-11(16(3)8-12)15-9(2)14-10/h7H,4-6H2,1-3H3,(H,13,14,15).